The van der Waals surface area contributed by atoms with Gasteiger partial charge in [0.05, 0.1) is 28.4 Å². The van der Waals surface area contributed by atoms with Crippen LogP contribution in [-0.4, -0.2) is 39.2 Å². The van der Waals surface area contributed by atoms with Crippen LogP contribution >= 0.6 is 11.6 Å². The number of amides is 1. The van der Waals surface area contributed by atoms with Gasteiger partial charge in [-0.2, -0.15) is 18.3 Å². The van der Waals surface area contributed by atoms with Gasteiger partial charge in [0, 0.05) is 36.9 Å². The largest absolute Gasteiger partial charge is 0.417 e. The van der Waals surface area contributed by atoms with E-state index in [1.807, 2.05) is 42.1 Å². The van der Waals surface area contributed by atoms with Crippen molar-refractivity contribution in [1.29, 1.82) is 0 Å². The van der Waals surface area contributed by atoms with Crippen molar-refractivity contribution in [2.45, 2.75) is 65.5 Å². The van der Waals surface area contributed by atoms with E-state index in [-0.39, 0.29) is 17.6 Å². The van der Waals surface area contributed by atoms with Crippen LogP contribution in [0.15, 0.2) is 54.9 Å². The maximum atomic E-state index is 13.4. The van der Waals surface area contributed by atoms with Crippen LogP contribution in [0.2, 0.25) is 5.02 Å². The normalized spacial score (nSPS) is 13.0. The summed E-state index contributed by atoms with van der Waals surface area (Å²) in [6, 6.07) is 11.0. The maximum Gasteiger partial charge on any atom is 0.417 e. The molecule has 0 aliphatic rings. The van der Waals surface area contributed by atoms with Gasteiger partial charge in [0.25, 0.3) is 5.91 Å². The van der Waals surface area contributed by atoms with Gasteiger partial charge < -0.3 is 5.32 Å². The number of aryl methyl sites for hydroxylation is 1. The first-order chi connectivity index (χ1) is 16.9. The van der Waals surface area contributed by atoms with Crippen molar-refractivity contribution in [3.8, 4) is 11.1 Å². The molecular weight excluding hydrogens is 489 g/mol. The summed E-state index contributed by atoms with van der Waals surface area (Å²) in [4.78, 5) is 15.5. The van der Waals surface area contributed by atoms with E-state index in [0.29, 0.717) is 6.54 Å². The van der Waals surface area contributed by atoms with Gasteiger partial charge in [0.2, 0.25) is 0 Å². The molecule has 1 amide bonds. The number of nitrogens with one attached hydrogen (secondary N) is 1. The topological polar surface area (TPSA) is 50.2 Å². The fourth-order valence-electron chi connectivity index (χ4n) is 4.25. The molecule has 3 rings (SSSR count). The number of rotatable bonds is 9. The monoisotopic (exact) mass is 520 g/mol. The van der Waals surface area contributed by atoms with E-state index in [4.69, 9.17) is 11.6 Å². The molecule has 1 unspecified atom stereocenters. The van der Waals surface area contributed by atoms with Crippen LogP contribution in [0.1, 0.15) is 62.1 Å². The summed E-state index contributed by atoms with van der Waals surface area (Å²) in [7, 11) is 0. The number of benzene rings is 2. The fourth-order valence-corrected chi connectivity index (χ4v) is 4.56. The summed E-state index contributed by atoms with van der Waals surface area (Å²) >= 11 is 6.05. The van der Waals surface area contributed by atoms with Crippen LogP contribution in [-0.2, 0) is 12.7 Å². The first kappa shape index (κ1) is 27.7. The lowest BCUT2D eigenvalue weighted by Gasteiger charge is -2.34. The quantitative estimate of drug-likeness (QED) is 0.336. The minimum Gasteiger partial charge on any atom is -0.344 e. The molecular formula is C27H32ClF3N4O. The van der Waals surface area contributed by atoms with Gasteiger partial charge in [0.15, 0.2) is 0 Å². The minimum atomic E-state index is -4.66. The SMILES string of the molecule is CCn1cc(-c2cccc(C(CN(C(C)C)C(C)C)NC(=O)c3cccc(C(F)(F)F)c3Cl)c2)cn1. The van der Waals surface area contributed by atoms with Gasteiger partial charge in [0.1, 0.15) is 0 Å². The number of alkyl halides is 3. The van der Waals surface area contributed by atoms with Crippen LogP contribution in [0, 0.1) is 0 Å². The Kier molecular flexibility index (Phi) is 8.84. The van der Waals surface area contributed by atoms with Gasteiger partial charge in [-0.1, -0.05) is 35.9 Å². The van der Waals surface area contributed by atoms with Gasteiger partial charge in [-0.25, -0.2) is 0 Å². The second-order valence-corrected chi connectivity index (χ2v) is 9.66. The minimum absolute atomic E-state index is 0.188. The average molecular weight is 521 g/mol. The lowest BCUT2D eigenvalue weighted by Crippen LogP contribution is -2.44. The zero-order valence-corrected chi connectivity index (χ0v) is 21.9. The molecule has 1 heterocycles. The van der Waals surface area contributed by atoms with Crippen molar-refractivity contribution < 1.29 is 18.0 Å². The summed E-state index contributed by atoms with van der Waals surface area (Å²) in [6.45, 7) is 11.5. The number of hydrogen-bond donors (Lipinski definition) is 1. The van der Waals surface area contributed by atoms with Crippen LogP contribution in [0.5, 0.6) is 0 Å². The van der Waals surface area contributed by atoms with Crippen molar-refractivity contribution in [2.75, 3.05) is 6.54 Å². The predicted octanol–water partition coefficient (Wildman–Crippen LogP) is 6.83. The highest BCUT2D eigenvalue weighted by molar-refractivity contribution is 6.34. The van der Waals surface area contributed by atoms with Crippen LogP contribution < -0.4 is 5.32 Å². The lowest BCUT2D eigenvalue weighted by atomic mass is 9.99. The Hall–Kier alpha value is -2.84. The molecule has 1 aromatic heterocycles. The van der Waals surface area contributed by atoms with E-state index in [9.17, 15) is 18.0 Å². The van der Waals surface area contributed by atoms with Crippen LogP contribution in [0.4, 0.5) is 13.2 Å². The molecule has 0 aliphatic heterocycles. The third-order valence-electron chi connectivity index (χ3n) is 6.15. The molecule has 0 bridgehead atoms. The Balaban J connectivity index is 2.00. The molecule has 0 radical (unpaired) electrons. The highest BCUT2D eigenvalue weighted by Gasteiger charge is 2.35. The Bertz CT molecular complexity index is 1180. The summed E-state index contributed by atoms with van der Waals surface area (Å²) in [5, 5.41) is 6.68. The maximum absolute atomic E-state index is 13.4. The molecule has 0 spiro atoms. The Morgan fingerprint density at radius 3 is 2.33 bits per heavy atom. The fraction of sp³-hybridized carbons (Fsp3) is 0.407. The third kappa shape index (κ3) is 6.48. The molecule has 36 heavy (non-hydrogen) atoms. The van der Waals surface area contributed by atoms with Gasteiger partial charge in [-0.3, -0.25) is 14.4 Å². The van der Waals surface area contributed by atoms with E-state index < -0.39 is 28.7 Å². The summed E-state index contributed by atoms with van der Waals surface area (Å²) in [6.07, 6.45) is -0.924. The molecule has 0 aliphatic carbocycles. The average Bonchev–Trinajstić information content (AvgIpc) is 3.30. The molecule has 2 aromatic carbocycles. The number of carbonyl (C=O) groups excluding carboxylic acids is 1. The van der Waals surface area contributed by atoms with E-state index in [1.165, 1.54) is 12.1 Å². The van der Waals surface area contributed by atoms with Crippen LogP contribution in [0.25, 0.3) is 11.1 Å². The predicted molar refractivity (Wildman–Crippen MR) is 137 cm³/mol. The van der Waals surface area contributed by atoms with Gasteiger partial charge in [-0.05, 0) is 63.9 Å². The molecule has 0 saturated heterocycles. The second-order valence-electron chi connectivity index (χ2n) is 9.29. The lowest BCUT2D eigenvalue weighted by molar-refractivity contribution is -0.137. The number of carbonyl (C=O) groups is 1. The molecule has 9 heteroatoms. The Labute approximate surface area is 215 Å². The number of aromatic nitrogens is 2. The molecule has 0 fully saturated rings. The molecule has 0 saturated carbocycles. The van der Waals surface area contributed by atoms with Crippen molar-refractivity contribution in [3.05, 3.63) is 76.6 Å². The number of hydrogen-bond acceptors (Lipinski definition) is 3. The first-order valence-corrected chi connectivity index (χ1v) is 12.3. The van der Waals surface area contributed by atoms with E-state index in [2.05, 4.69) is 43.0 Å². The Morgan fingerprint density at radius 2 is 1.75 bits per heavy atom. The third-order valence-corrected chi connectivity index (χ3v) is 6.56. The smallest absolute Gasteiger partial charge is 0.344 e. The van der Waals surface area contributed by atoms with Crippen LogP contribution in [0.3, 0.4) is 0 Å². The van der Waals surface area contributed by atoms with E-state index >= 15 is 0 Å². The number of nitrogens with zero attached hydrogens (tertiary/aromatic N) is 3. The van der Waals surface area contributed by atoms with Crippen molar-refractivity contribution in [3.63, 3.8) is 0 Å². The van der Waals surface area contributed by atoms with Crippen molar-refractivity contribution in [1.82, 2.24) is 20.0 Å². The molecule has 5 nitrogen and oxygen atoms in total. The molecule has 1 atom stereocenters. The highest BCUT2D eigenvalue weighted by atomic mass is 35.5. The summed E-state index contributed by atoms with van der Waals surface area (Å²) in [5.41, 5.74) is 1.46. The number of halogens is 4. The second kappa shape index (κ2) is 11.5. The Morgan fingerprint density at radius 1 is 1.08 bits per heavy atom. The van der Waals surface area contributed by atoms with E-state index in [1.54, 1.807) is 6.20 Å². The molecule has 194 valence electrons. The van der Waals surface area contributed by atoms with Gasteiger partial charge in [-0.15, -0.1) is 0 Å². The first-order valence-electron chi connectivity index (χ1n) is 12.0. The molecule has 3 aromatic rings. The van der Waals surface area contributed by atoms with Crippen molar-refractivity contribution in [2.24, 2.45) is 0 Å². The zero-order valence-electron chi connectivity index (χ0n) is 21.1. The standard InChI is InChI=1S/C27H32ClF3N4O/c1-6-34-15-21(14-32-34)19-9-7-10-20(13-19)24(16-35(17(2)3)18(4)5)33-26(36)22-11-8-12-23(25(22)28)27(29,30)31/h7-15,17-18,24H,6,16H2,1-5H3,(H,33,36). The van der Waals surface area contributed by atoms with Gasteiger partial charge >= 0.3 is 6.18 Å². The summed E-state index contributed by atoms with van der Waals surface area (Å²) < 4.78 is 41.9. The zero-order chi connectivity index (χ0) is 26.6. The summed E-state index contributed by atoms with van der Waals surface area (Å²) in [5.74, 6) is -0.659. The van der Waals surface area contributed by atoms with Crippen molar-refractivity contribution >= 4 is 17.5 Å². The highest BCUT2D eigenvalue weighted by Crippen LogP contribution is 2.36. The molecule has 1 N–H and O–H groups in total. The van der Waals surface area contributed by atoms with E-state index in [0.717, 1.165) is 29.3 Å².